The molecule has 1 saturated carbocycles. The summed E-state index contributed by atoms with van der Waals surface area (Å²) in [7, 11) is 0. The second-order valence-corrected chi connectivity index (χ2v) is 7.24. The summed E-state index contributed by atoms with van der Waals surface area (Å²) in [6.07, 6.45) is 2.48. The Kier molecular flexibility index (Phi) is 3.67. The smallest absolute Gasteiger partial charge is 0.318 e. The minimum absolute atomic E-state index is 0.0669. The van der Waals surface area contributed by atoms with Gasteiger partial charge in [0.1, 0.15) is 5.82 Å². The molecule has 1 aliphatic heterocycles. The summed E-state index contributed by atoms with van der Waals surface area (Å²) in [6.45, 7) is 2.69. The maximum atomic E-state index is 12.6. The van der Waals surface area contributed by atoms with E-state index in [1.807, 2.05) is 31.2 Å². The standard InChI is InChI=1S/C18H22N4O3/c1-11(15-20-13-6-2-3-7-14(13)21-15)19-17(25)22-9-12-5-4-8-18(12,10-22)16(23)24/h2-3,6-7,11-12H,4-5,8-10H2,1H3,(H,19,25)(H,20,21)(H,23,24)/t11?,12-,18+/m0/s1. The summed E-state index contributed by atoms with van der Waals surface area (Å²) in [4.78, 5) is 33.7. The van der Waals surface area contributed by atoms with Crippen molar-refractivity contribution in [1.82, 2.24) is 20.2 Å². The number of hydrogen-bond donors (Lipinski definition) is 3. The van der Waals surface area contributed by atoms with Crippen LogP contribution in [0.25, 0.3) is 11.0 Å². The molecule has 2 fully saturated rings. The molecule has 0 spiro atoms. The third-order valence-electron chi connectivity index (χ3n) is 5.74. The van der Waals surface area contributed by atoms with Gasteiger partial charge in [-0.05, 0) is 37.8 Å². The highest BCUT2D eigenvalue weighted by Gasteiger charge is 2.55. The number of benzene rings is 1. The van der Waals surface area contributed by atoms with Crippen LogP contribution in [0.3, 0.4) is 0 Å². The summed E-state index contributed by atoms with van der Waals surface area (Å²) < 4.78 is 0. The predicted molar refractivity (Wildman–Crippen MR) is 92.0 cm³/mol. The van der Waals surface area contributed by atoms with E-state index >= 15 is 0 Å². The molecule has 1 aromatic carbocycles. The Bertz CT molecular complexity index is 800. The van der Waals surface area contributed by atoms with E-state index in [2.05, 4.69) is 15.3 Å². The number of para-hydroxylation sites is 2. The van der Waals surface area contributed by atoms with E-state index in [1.165, 1.54) is 0 Å². The van der Waals surface area contributed by atoms with Crippen molar-refractivity contribution in [3.8, 4) is 0 Å². The number of carboxylic acids is 1. The highest BCUT2D eigenvalue weighted by atomic mass is 16.4. The van der Waals surface area contributed by atoms with Crippen LogP contribution >= 0.6 is 0 Å². The topological polar surface area (TPSA) is 98.3 Å². The zero-order valence-corrected chi connectivity index (χ0v) is 14.2. The highest BCUT2D eigenvalue weighted by Crippen LogP contribution is 2.48. The Morgan fingerprint density at radius 1 is 1.44 bits per heavy atom. The van der Waals surface area contributed by atoms with Gasteiger partial charge in [0.05, 0.1) is 22.5 Å². The maximum absolute atomic E-state index is 12.6. The Hall–Kier alpha value is -2.57. The molecule has 2 amide bonds. The van der Waals surface area contributed by atoms with Gasteiger partial charge >= 0.3 is 12.0 Å². The van der Waals surface area contributed by atoms with Crippen LogP contribution in [-0.2, 0) is 4.79 Å². The number of nitrogens with zero attached hydrogens (tertiary/aromatic N) is 2. The normalized spacial score (nSPS) is 26.6. The molecule has 3 atom stereocenters. The van der Waals surface area contributed by atoms with Crippen LogP contribution < -0.4 is 5.32 Å². The van der Waals surface area contributed by atoms with E-state index in [0.717, 1.165) is 23.9 Å². The van der Waals surface area contributed by atoms with Gasteiger partial charge in [-0.15, -0.1) is 0 Å². The summed E-state index contributed by atoms with van der Waals surface area (Å²) >= 11 is 0. The molecule has 3 N–H and O–H groups in total. The van der Waals surface area contributed by atoms with Crippen molar-refractivity contribution in [2.24, 2.45) is 11.3 Å². The number of amides is 2. The Balaban J connectivity index is 1.46. The molecule has 0 radical (unpaired) electrons. The first-order valence-corrected chi connectivity index (χ1v) is 8.73. The molecule has 25 heavy (non-hydrogen) atoms. The lowest BCUT2D eigenvalue weighted by molar-refractivity contribution is -0.149. The van der Waals surface area contributed by atoms with Crippen LogP contribution in [0.5, 0.6) is 0 Å². The lowest BCUT2D eigenvalue weighted by Gasteiger charge is -2.24. The number of imidazole rings is 1. The van der Waals surface area contributed by atoms with Crippen LogP contribution in [0.4, 0.5) is 4.79 Å². The molecule has 1 aromatic heterocycles. The van der Waals surface area contributed by atoms with Gasteiger partial charge in [-0.3, -0.25) is 4.79 Å². The van der Waals surface area contributed by atoms with Crippen LogP contribution in [0.1, 0.15) is 38.1 Å². The quantitative estimate of drug-likeness (QED) is 0.798. The van der Waals surface area contributed by atoms with Crippen molar-refractivity contribution in [3.63, 3.8) is 0 Å². The minimum atomic E-state index is -0.768. The number of rotatable bonds is 3. The molecule has 0 bridgehead atoms. The lowest BCUT2D eigenvalue weighted by Crippen LogP contribution is -2.42. The second kappa shape index (κ2) is 5.75. The van der Waals surface area contributed by atoms with Gasteiger partial charge < -0.3 is 20.3 Å². The van der Waals surface area contributed by atoms with Crippen molar-refractivity contribution in [1.29, 1.82) is 0 Å². The molecule has 2 aliphatic rings. The number of hydrogen-bond acceptors (Lipinski definition) is 3. The highest BCUT2D eigenvalue weighted by molar-refractivity contribution is 5.81. The number of fused-ring (bicyclic) bond motifs is 2. The molecule has 1 saturated heterocycles. The zero-order chi connectivity index (χ0) is 17.6. The molecule has 7 heteroatoms. The zero-order valence-electron chi connectivity index (χ0n) is 14.2. The number of H-pyrrole nitrogens is 1. The lowest BCUT2D eigenvalue weighted by atomic mass is 9.81. The Morgan fingerprint density at radius 2 is 2.24 bits per heavy atom. The average molecular weight is 342 g/mol. The fourth-order valence-corrected chi connectivity index (χ4v) is 4.32. The van der Waals surface area contributed by atoms with E-state index in [-0.39, 0.29) is 18.0 Å². The Morgan fingerprint density at radius 3 is 2.96 bits per heavy atom. The molecule has 7 nitrogen and oxygen atoms in total. The number of aliphatic carboxylic acids is 1. The van der Waals surface area contributed by atoms with E-state index in [9.17, 15) is 14.7 Å². The number of urea groups is 1. The van der Waals surface area contributed by atoms with Crippen molar-refractivity contribution in [3.05, 3.63) is 30.1 Å². The van der Waals surface area contributed by atoms with Crippen LogP contribution in [-0.4, -0.2) is 45.1 Å². The number of carbonyl (C=O) groups is 2. The largest absolute Gasteiger partial charge is 0.481 e. The Labute approximate surface area is 145 Å². The molecule has 4 rings (SSSR count). The fourth-order valence-electron chi connectivity index (χ4n) is 4.32. The third-order valence-corrected chi connectivity index (χ3v) is 5.74. The van der Waals surface area contributed by atoms with Gasteiger partial charge in [0.2, 0.25) is 0 Å². The predicted octanol–water partition coefficient (Wildman–Crippen LogP) is 2.52. The fraction of sp³-hybridized carbons (Fsp3) is 0.500. The van der Waals surface area contributed by atoms with Crippen LogP contribution in [0.15, 0.2) is 24.3 Å². The number of carboxylic acid groups (broad SMARTS) is 1. The van der Waals surface area contributed by atoms with E-state index in [4.69, 9.17) is 0 Å². The van der Waals surface area contributed by atoms with Gasteiger partial charge in [-0.2, -0.15) is 0 Å². The van der Waals surface area contributed by atoms with Crippen molar-refractivity contribution < 1.29 is 14.7 Å². The van der Waals surface area contributed by atoms with Gasteiger partial charge in [-0.25, -0.2) is 9.78 Å². The van der Waals surface area contributed by atoms with E-state index in [0.29, 0.717) is 25.3 Å². The van der Waals surface area contributed by atoms with Crippen molar-refractivity contribution in [2.75, 3.05) is 13.1 Å². The van der Waals surface area contributed by atoms with Gasteiger partial charge in [-0.1, -0.05) is 18.6 Å². The molecule has 132 valence electrons. The van der Waals surface area contributed by atoms with Crippen molar-refractivity contribution >= 4 is 23.0 Å². The molecule has 1 unspecified atom stereocenters. The van der Waals surface area contributed by atoms with E-state index in [1.54, 1.807) is 4.90 Å². The van der Waals surface area contributed by atoms with Gasteiger partial charge in [0.15, 0.2) is 0 Å². The number of nitrogens with one attached hydrogen (secondary N) is 2. The number of likely N-dealkylation sites (tertiary alicyclic amines) is 1. The summed E-state index contributed by atoms with van der Waals surface area (Å²) in [5, 5.41) is 12.6. The SMILES string of the molecule is CC(NC(=O)N1C[C@@H]2CCC[C@@]2(C(=O)O)C1)c1nc2ccccc2[nH]1. The number of aromatic amines is 1. The van der Waals surface area contributed by atoms with E-state index < -0.39 is 11.4 Å². The average Bonchev–Trinajstić information content (AvgIpc) is 3.26. The molecule has 1 aliphatic carbocycles. The van der Waals surface area contributed by atoms with Gasteiger partial charge in [0, 0.05) is 13.1 Å². The third kappa shape index (κ3) is 2.54. The first-order chi connectivity index (χ1) is 12.0. The molecular weight excluding hydrogens is 320 g/mol. The second-order valence-electron chi connectivity index (χ2n) is 7.24. The summed E-state index contributed by atoms with van der Waals surface area (Å²) in [6, 6.07) is 7.22. The summed E-state index contributed by atoms with van der Waals surface area (Å²) in [5.74, 6) is -0.00483. The monoisotopic (exact) mass is 342 g/mol. The molecular formula is C18H22N4O3. The van der Waals surface area contributed by atoms with Crippen molar-refractivity contribution in [2.45, 2.75) is 32.2 Å². The van der Waals surface area contributed by atoms with Crippen LogP contribution in [0.2, 0.25) is 0 Å². The first kappa shape index (κ1) is 15.9. The molecule has 2 aromatic rings. The van der Waals surface area contributed by atoms with Crippen LogP contribution in [0, 0.1) is 11.3 Å². The number of aromatic nitrogens is 2. The minimum Gasteiger partial charge on any atom is -0.481 e. The van der Waals surface area contributed by atoms with Gasteiger partial charge in [0.25, 0.3) is 0 Å². The molecule has 2 heterocycles. The first-order valence-electron chi connectivity index (χ1n) is 8.73. The maximum Gasteiger partial charge on any atom is 0.318 e. The number of carbonyl (C=O) groups excluding carboxylic acids is 1. The summed E-state index contributed by atoms with van der Waals surface area (Å²) in [5.41, 5.74) is 1.04.